The maximum Gasteiger partial charge on any atom is 0.113 e. The predicted molar refractivity (Wildman–Crippen MR) is 71.2 cm³/mol. The first-order valence-corrected chi connectivity index (χ1v) is 6.12. The van der Waals surface area contributed by atoms with E-state index in [2.05, 4.69) is 16.5 Å². The van der Waals surface area contributed by atoms with Crippen LogP contribution in [0.3, 0.4) is 0 Å². The van der Waals surface area contributed by atoms with E-state index in [-0.39, 0.29) is 0 Å². The Morgan fingerprint density at radius 2 is 2.24 bits per heavy atom. The van der Waals surface area contributed by atoms with Crippen molar-refractivity contribution < 1.29 is 0 Å². The summed E-state index contributed by atoms with van der Waals surface area (Å²) < 4.78 is 2.15. The summed E-state index contributed by atoms with van der Waals surface area (Å²) in [6, 6.07) is 5.55. The molecule has 4 heteroatoms. The summed E-state index contributed by atoms with van der Waals surface area (Å²) in [4.78, 5) is 4.37. The Morgan fingerprint density at radius 3 is 3.00 bits per heavy atom. The van der Waals surface area contributed by atoms with Crippen LogP contribution < -0.4 is 5.73 Å². The lowest BCUT2D eigenvalue weighted by Gasteiger charge is -2.08. The summed E-state index contributed by atoms with van der Waals surface area (Å²) in [5, 5.41) is 0.711. The van der Waals surface area contributed by atoms with E-state index < -0.39 is 0 Å². The van der Waals surface area contributed by atoms with E-state index in [9.17, 15) is 0 Å². The summed E-state index contributed by atoms with van der Waals surface area (Å²) in [5.41, 5.74) is 7.73. The summed E-state index contributed by atoms with van der Waals surface area (Å²) in [5.74, 6) is 1.03. The maximum absolute atomic E-state index is 5.98. The van der Waals surface area contributed by atoms with E-state index in [1.54, 1.807) is 6.07 Å². The van der Waals surface area contributed by atoms with Crippen LogP contribution in [0.4, 0.5) is 5.69 Å². The summed E-state index contributed by atoms with van der Waals surface area (Å²) in [7, 11) is 0. The number of aryl methyl sites for hydroxylation is 1. The van der Waals surface area contributed by atoms with Gasteiger partial charge in [0.2, 0.25) is 0 Å². The number of nitrogens with zero attached hydrogens (tertiary/aromatic N) is 2. The first-order valence-electron chi connectivity index (χ1n) is 5.74. The topological polar surface area (TPSA) is 43.8 Å². The fraction of sp³-hybridized carbons (Fsp3) is 0.308. The van der Waals surface area contributed by atoms with Gasteiger partial charge in [0, 0.05) is 36.1 Å². The van der Waals surface area contributed by atoms with Crippen molar-refractivity contribution in [1.29, 1.82) is 0 Å². The highest BCUT2D eigenvalue weighted by Crippen LogP contribution is 2.20. The molecule has 2 aromatic rings. The van der Waals surface area contributed by atoms with Gasteiger partial charge in [0.15, 0.2) is 0 Å². The highest BCUT2D eigenvalue weighted by molar-refractivity contribution is 6.30. The van der Waals surface area contributed by atoms with Gasteiger partial charge in [0.25, 0.3) is 0 Å². The number of benzene rings is 1. The molecule has 0 aliphatic heterocycles. The van der Waals surface area contributed by atoms with Gasteiger partial charge >= 0.3 is 0 Å². The Morgan fingerprint density at radius 1 is 1.41 bits per heavy atom. The van der Waals surface area contributed by atoms with E-state index in [1.807, 2.05) is 24.5 Å². The predicted octanol–water partition coefficient (Wildman–Crippen LogP) is 3.12. The molecule has 0 aliphatic carbocycles. The minimum atomic E-state index is 0.711. The average molecular weight is 250 g/mol. The second kappa shape index (κ2) is 5.23. The molecule has 0 saturated carbocycles. The largest absolute Gasteiger partial charge is 0.398 e. The zero-order chi connectivity index (χ0) is 12.3. The first kappa shape index (κ1) is 12.0. The van der Waals surface area contributed by atoms with Crippen molar-refractivity contribution >= 4 is 17.3 Å². The van der Waals surface area contributed by atoms with Crippen molar-refractivity contribution in [3.63, 3.8) is 0 Å². The van der Waals surface area contributed by atoms with Crippen molar-refractivity contribution in [1.82, 2.24) is 9.55 Å². The van der Waals surface area contributed by atoms with Crippen molar-refractivity contribution in [3.05, 3.63) is 47.0 Å². The molecule has 0 aliphatic rings. The molecule has 1 heterocycles. The molecule has 1 aromatic carbocycles. The number of nitrogen functional groups attached to an aromatic ring is 1. The molecular formula is C13H16ClN3. The summed E-state index contributed by atoms with van der Waals surface area (Å²) in [6.45, 7) is 3.13. The minimum Gasteiger partial charge on any atom is -0.398 e. The van der Waals surface area contributed by atoms with E-state index >= 15 is 0 Å². The van der Waals surface area contributed by atoms with Gasteiger partial charge in [0.05, 0.1) is 0 Å². The molecule has 0 amide bonds. The van der Waals surface area contributed by atoms with Gasteiger partial charge in [-0.25, -0.2) is 4.98 Å². The first-order chi connectivity index (χ1) is 8.20. The van der Waals surface area contributed by atoms with Crippen LogP contribution in [0.2, 0.25) is 5.02 Å². The van der Waals surface area contributed by atoms with Crippen molar-refractivity contribution in [2.24, 2.45) is 0 Å². The number of halogens is 1. The molecule has 1 aromatic heterocycles. The van der Waals surface area contributed by atoms with E-state index in [0.717, 1.165) is 36.5 Å². The van der Waals surface area contributed by atoms with Crippen LogP contribution in [-0.2, 0) is 13.0 Å². The number of hydrogen-bond donors (Lipinski definition) is 1. The Balaban J connectivity index is 2.25. The molecule has 3 nitrogen and oxygen atoms in total. The highest BCUT2D eigenvalue weighted by atomic mass is 35.5. The summed E-state index contributed by atoms with van der Waals surface area (Å²) in [6.07, 6.45) is 5.64. The van der Waals surface area contributed by atoms with Crippen LogP contribution >= 0.6 is 11.6 Å². The van der Waals surface area contributed by atoms with Gasteiger partial charge in [-0.15, -0.1) is 0 Å². The van der Waals surface area contributed by atoms with E-state index in [1.165, 1.54) is 0 Å². The zero-order valence-corrected chi connectivity index (χ0v) is 10.6. The molecule has 2 rings (SSSR count). The third kappa shape index (κ3) is 2.80. The van der Waals surface area contributed by atoms with Crippen molar-refractivity contribution in [2.75, 3.05) is 5.73 Å². The second-order valence-corrected chi connectivity index (χ2v) is 4.49. The van der Waals surface area contributed by atoms with E-state index in [0.29, 0.717) is 5.02 Å². The number of rotatable bonds is 4. The van der Waals surface area contributed by atoms with Crippen LogP contribution in [0.1, 0.15) is 24.7 Å². The van der Waals surface area contributed by atoms with Crippen LogP contribution in [0.25, 0.3) is 0 Å². The number of nitrogens with two attached hydrogens (primary N) is 1. The number of hydrogen-bond acceptors (Lipinski definition) is 2. The lowest BCUT2D eigenvalue weighted by Crippen LogP contribution is -2.05. The standard InChI is InChI=1S/C13H16ClN3/c1-2-6-17-7-5-16-13(17)9-10-8-11(14)3-4-12(10)15/h3-5,7-8H,2,6,9,15H2,1H3. The third-order valence-corrected chi connectivity index (χ3v) is 2.95. The SMILES string of the molecule is CCCn1ccnc1Cc1cc(Cl)ccc1N. The van der Waals surface area contributed by atoms with Crippen LogP contribution in [0.15, 0.2) is 30.6 Å². The van der Waals surface area contributed by atoms with E-state index in [4.69, 9.17) is 17.3 Å². The highest BCUT2D eigenvalue weighted by Gasteiger charge is 2.06. The molecule has 0 fully saturated rings. The van der Waals surface area contributed by atoms with Crippen LogP contribution in [0.5, 0.6) is 0 Å². The number of anilines is 1. The van der Waals surface area contributed by atoms with Crippen molar-refractivity contribution in [2.45, 2.75) is 26.3 Å². The maximum atomic E-state index is 5.98. The van der Waals surface area contributed by atoms with Crippen LogP contribution in [0, 0.1) is 0 Å². The molecule has 0 bridgehead atoms. The Labute approximate surface area is 106 Å². The van der Waals surface area contributed by atoms with Crippen molar-refractivity contribution in [3.8, 4) is 0 Å². The molecule has 0 unspecified atom stereocenters. The third-order valence-electron chi connectivity index (χ3n) is 2.72. The number of imidazole rings is 1. The van der Waals surface area contributed by atoms with Gasteiger partial charge in [-0.2, -0.15) is 0 Å². The molecule has 0 spiro atoms. The average Bonchev–Trinajstić information content (AvgIpc) is 2.72. The fourth-order valence-corrected chi connectivity index (χ4v) is 2.04. The van der Waals surface area contributed by atoms with Gasteiger partial charge in [0.1, 0.15) is 5.82 Å². The minimum absolute atomic E-state index is 0.711. The molecule has 2 N–H and O–H groups in total. The molecule has 0 atom stereocenters. The summed E-state index contributed by atoms with van der Waals surface area (Å²) >= 11 is 5.98. The zero-order valence-electron chi connectivity index (χ0n) is 9.86. The molecule has 17 heavy (non-hydrogen) atoms. The Hall–Kier alpha value is -1.48. The number of aromatic nitrogens is 2. The smallest absolute Gasteiger partial charge is 0.113 e. The molecular weight excluding hydrogens is 234 g/mol. The van der Waals surface area contributed by atoms with Gasteiger partial charge in [-0.1, -0.05) is 18.5 Å². The Bertz CT molecular complexity index is 505. The molecule has 0 saturated heterocycles. The fourth-order valence-electron chi connectivity index (χ4n) is 1.85. The van der Waals surface area contributed by atoms with Gasteiger partial charge in [-0.05, 0) is 30.2 Å². The van der Waals surface area contributed by atoms with Gasteiger partial charge < -0.3 is 10.3 Å². The lowest BCUT2D eigenvalue weighted by molar-refractivity contribution is 0.647. The van der Waals surface area contributed by atoms with Crippen LogP contribution in [-0.4, -0.2) is 9.55 Å². The Kier molecular flexibility index (Phi) is 3.69. The lowest BCUT2D eigenvalue weighted by atomic mass is 10.1. The second-order valence-electron chi connectivity index (χ2n) is 4.06. The normalized spacial score (nSPS) is 10.7. The monoisotopic (exact) mass is 249 g/mol. The quantitative estimate of drug-likeness (QED) is 0.846. The molecule has 0 radical (unpaired) electrons. The van der Waals surface area contributed by atoms with Gasteiger partial charge in [-0.3, -0.25) is 0 Å². The molecule has 90 valence electrons.